The number of rotatable bonds is 6. The Bertz CT molecular complexity index is 2600. The highest BCUT2D eigenvalue weighted by Crippen LogP contribution is 2.24. The summed E-state index contributed by atoms with van der Waals surface area (Å²) >= 11 is 0. The summed E-state index contributed by atoms with van der Waals surface area (Å²) in [6, 6.07) is 25.7. The molecule has 1 fully saturated rings. The van der Waals surface area contributed by atoms with Crippen LogP contribution in [0.5, 0.6) is 0 Å². The summed E-state index contributed by atoms with van der Waals surface area (Å²) in [7, 11) is 0. The number of benzene rings is 4. The van der Waals surface area contributed by atoms with E-state index in [1.54, 1.807) is 76.2 Å². The Morgan fingerprint density at radius 3 is 1.56 bits per heavy atom. The standard InChI is InChI=1S/C53H65N7O8/c1-31-44(63)57-50(4,5)33(3)56-41(29-34-21-25-38(26-22-34)43(62)37-18-13-12-14-19-37)47(66)60-51(6,7)42(61)30-40(28-35-23-24-36-17-15-16-20-39(36)27-35)46(65)59-53(10,11)49(68)55-32(2)45(64)58-52(8,9)48(67)54-31/h12-27,31-32,40-41,56H,3,28-30H2,1-2,4-11H3,(H,54,67)(H,55,68)(H,57,63)(H,58,64)(H,59,65)(H,60,66). The number of amides is 6. The topological polar surface area (TPSA) is 221 Å². The van der Waals surface area contributed by atoms with Gasteiger partial charge in [0.05, 0.1) is 11.1 Å². The molecule has 1 aliphatic heterocycles. The third-order valence-electron chi connectivity index (χ3n) is 12.3. The molecular formula is C53H65N7O8. The summed E-state index contributed by atoms with van der Waals surface area (Å²) < 4.78 is 0. The Morgan fingerprint density at radius 2 is 0.985 bits per heavy atom. The third-order valence-corrected chi connectivity index (χ3v) is 12.3. The fourth-order valence-electron chi connectivity index (χ4n) is 7.55. The first-order valence-corrected chi connectivity index (χ1v) is 22.7. The molecule has 1 heterocycles. The fraction of sp³-hybridized carbons (Fsp3) is 0.396. The van der Waals surface area contributed by atoms with Crippen LogP contribution in [0.15, 0.2) is 109 Å². The maximum absolute atomic E-state index is 14.5. The van der Waals surface area contributed by atoms with Gasteiger partial charge in [0.25, 0.3) is 0 Å². The molecule has 0 aliphatic carbocycles. The van der Waals surface area contributed by atoms with Crippen molar-refractivity contribution in [3.8, 4) is 0 Å². The quantitative estimate of drug-likeness (QED) is 0.135. The van der Waals surface area contributed by atoms with Crippen molar-refractivity contribution >= 4 is 57.8 Å². The average Bonchev–Trinajstić information content (AvgIpc) is 3.27. The number of carbonyl (C=O) groups is 8. The van der Waals surface area contributed by atoms with Gasteiger partial charge in [0.1, 0.15) is 29.2 Å². The van der Waals surface area contributed by atoms with Crippen LogP contribution < -0.4 is 37.2 Å². The number of hydrogen-bond donors (Lipinski definition) is 7. The van der Waals surface area contributed by atoms with Gasteiger partial charge < -0.3 is 37.2 Å². The first kappa shape index (κ1) is 51.8. The van der Waals surface area contributed by atoms with Crippen molar-refractivity contribution in [2.24, 2.45) is 5.92 Å². The lowest BCUT2D eigenvalue weighted by atomic mass is 9.85. The van der Waals surface area contributed by atoms with Crippen molar-refractivity contribution in [1.82, 2.24) is 37.2 Å². The van der Waals surface area contributed by atoms with Gasteiger partial charge in [-0.05, 0) is 97.6 Å². The van der Waals surface area contributed by atoms with Gasteiger partial charge in [0.2, 0.25) is 35.4 Å². The van der Waals surface area contributed by atoms with Crippen LogP contribution in [0.1, 0.15) is 103 Å². The number of ketones is 2. The lowest BCUT2D eigenvalue weighted by Crippen LogP contribution is -2.63. The van der Waals surface area contributed by atoms with E-state index < -0.39 is 87.4 Å². The summed E-state index contributed by atoms with van der Waals surface area (Å²) in [4.78, 5) is 111. The van der Waals surface area contributed by atoms with Crippen molar-refractivity contribution < 1.29 is 38.4 Å². The first-order valence-electron chi connectivity index (χ1n) is 22.7. The van der Waals surface area contributed by atoms with Crippen LogP contribution in [-0.4, -0.2) is 87.3 Å². The molecule has 4 unspecified atom stereocenters. The van der Waals surface area contributed by atoms with Gasteiger partial charge in [0.15, 0.2) is 11.6 Å². The number of carbonyl (C=O) groups excluding carboxylic acids is 8. The highest BCUT2D eigenvalue weighted by Gasteiger charge is 2.40. The Hall–Kier alpha value is -7.16. The Labute approximate surface area is 398 Å². The lowest BCUT2D eigenvalue weighted by molar-refractivity contribution is -0.139. The largest absolute Gasteiger partial charge is 0.375 e. The summed E-state index contributed by atoms with van der Waals surface area (Å²) in [6.07, 6.45) is -0.181. The van der Waals surface area contributed by atoms with Crippen molar-refractivity contribution in [2.45, 2.75) is 129 Å². The van der Waals surface area contributed by atoms with E-state index in [-0.39, 0.29) is 30.7 Å². The van der Waals surface area contributed by atoms with E-state index in [0.29, 0.717) is 16.7 Å². The molecule has 4 atom stereocenters. The minimum Gasteiger partial charge on any atom is -0.375 e. The van der Waals surface area contributed by atoms with Gasteiger partial charge in [-0.2, -0.15) is 0 Å². The molecule has 0 bridgehead atoms. The first-order chi connectivity index (χ1) is 31.7. The minimum absolute atomic E-state index is 0.0506. The molecule has 4 aromatic carbocycles. The normalized spacial score (nSPS) is 23.0. The maximum Gasteiger partial charge on any atom is 0.245 e. The second-order valence-corrected chi connectivity index (χ2v) is 19.8. The number of nitrogens with one attached hydrogen (secondary N) is 7. The van der Waals surface area contributed by atoms with E-state index in [0.717, 1.165) is 16.3 Å². The fourth-order valence-corrected chi connectivity index (χ4v) is 7.55. The zero-order valence-electron chi connectivity index (χ0n) is 40.6. The molecule has 1 saturated heterocycles. The van der Waals surface area contributed by atoms with Crippen molar-refractivity contribution in [1.29, 1.82) is 0 Å². The van der Waals surface area contributed by atoms with Gasteiger partial charge >= 0.3 is 0 Å². The number of fused-ring (bicyclic) bond motifs is 1. The molecule has 6 amide bonds. The molecule has 1 aliphatic rings. The van der Waals surface area contributed by atoms with Crippen LogP contribution in [0.3, 0.4) is 0 Å². The average molecular weight is 928 g/mol. The molecular weight excluding hydrogens is 863 g/mol. The molecule has 4 aromatic rings. The van der Waals surface area contributed by atoms with Crippen LogP contribution in [0.25, 0.3) is 10.8 Å². The highest BCUT2D eigenvalue weighted by atomic mass is 16.2. The zero-order chi connectivity index (χ0) is 50.4. The Morgan fingerprint density at radius 1 is 0.515 bits per heavy atom. The third kappa shape index (κ3) is 13.0. The van der Waals surface area contributed by atoms with Crippen LogP contribution in [-0.2, 0) is 46.4 Å². The lowest BCUT2D eigenvalue weighted by Gasteiger charge is -2.35. The highest BCUT2D eigenvalue weighted by molar-refractivity contribution is 6.09. The van der Waals surface area contributed by atoms with E-state index >= 15 is 0 Å². The second kappa shape index (κ2) is 20.8. The molecule has 0 aromatic heterocycles. The van der Waals surface area contributed by atoms with Gasteiger partial charge in [-0.15, -0.1) is 0 Å². The summed E-state index contributed by atoms with van der Waals surface area (Å²) in [5.74, 6) is -5.57. The maximum atomic E-state index is 14.5. The smallest absolute Gasteiger partial charge is 0.245 e. The van der Waals surface area contributed by atoms with Gasteiger partial charge in [-0.3, -0.25) is 38.4 Å². The molecule has 0 spiro atoms. The molecule has 5 rings (SSSR count). The monoisotopic (exact) mass is 927 g/mol. The van der Waals surface area contributed by atoms with E-state index in [1.807, 2.05) is 48.5 Å². The van der Waals surface area contributed by atoms with Crippen LogP contribution in [0, 0.1) is 5.92 Å². The van der Waals surface area contributed by atoms with Crippen LogP contribution in [0.4, 0.5) is 0 Å². The number of hydrogen-bond acceptors (Lipinski definition) is 9. The van der Waals surface area contributed by atoms with E-state index in [4.69, 9.17) is 0 Å². The van der Waals surface area contributed by atoms with E-state index in [1.165, 1.54) is 41.5 Å². The van der Waals surface area contributed by atoms with Crippen molar-refractivity contribution in [3.63, 3.8) is 0 Å². The molecule has 360 valence electrons. The van der Waals surface area contributed by atoms with Gasteiger partial charge in [-0.1, -0.05) is 104 Å². The molecule has 15 nitrogen and oxygen atoms in total. The molecule has 68 heavy (non-hydrogen) atoms. The number of Topliss-reactive ketones (excluding diaryl/α,β-unsaturated/α-hetero) is 1. The van der Waals surface area contributed by atoms with E-state index in [2.05, 4.69) is 43.8 Å². The van der Waals surface area contributed by atoms with Crippen molar-refractivity contribution in [2.75, 3.05) is 0 Å². The SMILES string of the molecule is C=C1NC(Cc2ccc(C(=O)c3ccccc3)cc2)C(=O)NC(C)(C)C(=O)CC(Cc2ccc3ccccc3c2)C(=O)NC(C)(C)C(=O)NC(C)C(=O)NC(C)(C)C(=O)NC(C)C(=O)NC1(C)C. The molecule has 15 heteroatoms. The molecule has 7 N–H and O–H groups in total. The molecule has 0 radical (unpaired) electrons. The van der Waals surface area contributed by atoms with Crippen LogP contribution in [0.2, 0.25) is 0 Å². The summed E-state index contributed by atoms with van der Waals surface area (Å²) in [5, 5.41) is 21.5. The van der Waals surface area contributed by atoms with Gasteiger partial charge in [0, 0.05) is 35.6 Å². The predicted molar refractivity (Wildman–Crippen MR) is 261 cm³/mol. The van der Waals surface area contributed by atoms with E-state index in [9.17, 15) is 38.4 Å². The Balaban J connectivity index is 1.51. The molecule has 0 saturated carbocycles. The predicted octanol–water partition coefficient (Wildman–Crippen LogP) is 4.51. The second-order valence-electron chi connectivity index (χ2n) is 19.8. The zero-order valence-corrected chi connectivity index (χ0v) is 40.6. The summed E-state index contributed by atoms with van der Waals surface area (Å²) in [5.41, 5.74) is -3.31. The van der Waals surface area contributed by atoms with Gasteiger partial charge in [-0.25, -0.2) is 0 Å². The summed E-state index contributed by atoms with van der Waals surface area (Å²) in [6.45, 7) is 19.3. The van der Waals surface area contributed by atoms with Crippen molar-refractivity contribution in [3.05, 3.63) is 132 Å². The minimum atomic E-state index is -1.59. The Kier molecular flexibility index (Phi) is 15.8. The van der Waals surface area contributed by atoms with Crippen LogP contribution >= 0.6 is 0 Å².